The molecule has 6 rings (SSSR count). The van der Waals surface area contributed by atoms with Crippen LogP contribution < -0.4 is 10.2 Å². The molecule has 2 aromatic heterocycles. The van der Waals surface area contributed by atoms with Gasteiger partial charge in [-0.25, -0.2) is 4.52 Å². The molecular weight excluding hydrogens is 426 g/mol. The van der Waals surface area contributed by atoms with E-state index >= 15 is 0 Å². The number of piperidine rings is 1. The number of anilines is 1. The molecule has 3 aromatic rings. The van der Waals surface area contributed by atoms with E-state index in [9.17, 15) is 4.79 Å². The van der Waals surface area contributed by atoms with E-state index in [0.29, 0.717) is 11.8 Å². The van der Waals surface area contributed by atoms with Gasteiger partial charge in [-0.2, -0.15) is 5.10 Å². The van der Waals surface area contributed by atoms with Gasteiger partial charge in [-0.3, -0.25) is 4.79 Å². The lowest BCUT2D eigenvalue weighted by Crippen LogP contribution is -2.49. The van der Waals surface area contributed by atoms with Crippen molar-refractivity contribution in [1.29, 1.82) is 0 Å². The molecule has 0 atom stereocenters. The Morgan fingerprint density at radius 2 is 1.76 bits per heavy atom. The zero-order chi connectivity index (χ0) is 23.1. The molecule has 0 radical (unpaired) electrons. The standard InChI is InChI=1S/C27H33N5O2/c1-34-27(9-12-28-13-10-27)23-6-4-20(5-7-23)22-18-25-24(8-11-29-32(25)19-22)30-14-16-31(17-15-30)26(33)21-2-3-21/h4-8,11,18-19,21,28H,2-3,9-10,12-17H2,1H3. The minimum absolute atomic E-state index is 0.187. The Morgan fingerprint density at radius 1 is 1.03 bits per heavy atom. The quantitative estimate of drug-likeness (QED) is 0.635. The molecule has 3 fully saturated rings. The number of nitrogens with zero attached hydrogens (tertiary/aromatic N) is 4. The smallest absolute Gasteiger partial charge is 0.225 e. The molecular formula is C27H33N5O2. The van der Waals surface area contributed by atoms with Crippen LogP contribution in [0.5, 0.6) is 0 Å². The zero-order valence-corrected chi connectivity index (χ0v) is 19.9. The fourth-order valence-electron chi connectivity index (χ4n) is 5.59. The predicted molar refractivity (Wildman–Crippen MR) is 133 cm³/mol. The molecule has 34 heavy (non-hydrogen) atoms. The number of carbonyl (C=O) groups is 1. The molecule has 2 saturated heterocycles. The Morgan fingerprint density at radius 3 is 2.44 bits per heavy atom. The summed E-state index contributed by atoms with van der Waals surface area (Å²) in [6.07, 6.45) is 8.11. The Balaban J connectivity index is 1.23. The first kappa shape index (κ1) is 21.6. The summed E-state index contributed by atoms with van der Waals surface area (Å²) in [4.78, 5) is 16.9. The van der Waals surface area contributed by atoms with Crippen LogP contribution in [-0.4, -0.2) is 66.8 Å². The van der Waals surface area contributed by atoms with E-state index in [2.05, 4.69) is 57.9 Å². The van der Waals surface area contributed by atoms with Crippen LogP contribution in [0.25, 0.3) is 16.6 Å². The highest BCUT2D eigenvalue weighted by atomic mass is 16.5. The lowest BCUT2D eigenvalue weighted by Gasteiger charge is -2.37. The maximum atomic E-state index is 12.4. The van der Waals surface area contributed by atoms with E-state index in [0.717, 1.165) is 76.0 Å². The fraction of sp³-hybridized carbons (Fsp3) is 0.481. The number of benzene rings is 1. The van der Waals surface area contributed by atoms with E-state index in [4.69, 9.17) is 4.74 Å². The van der Waals surface area contributed by atoms with Gasteiger partial charge < -0.3 is 19.9 Å². The van der Waals surface area contributed by atoms with Gasteiger partial charge in [-0.15, -0.1) is 0 Å². The molecule has 1 saturated carbocycles. The van der Waals surface area contributed by atoms with Crippen molar-refractivity contribution >= 4 is 17.1 Å². The van der Waals surface area contributed by atoms with Crippen molar-refractivity contribution in [3.63, 3.8) is 0 Å². The normalized spacial score (nSPS) is 20.6. The first-order valence-corrected chi connectivity index (χ1v) is 12.5. The number of hydrogen-bond donors (Lipinski definition) is 1. The second-order valence-corrected chi connectivity index (χ2v) is 9.89. The molecule has 0 spiro atoms. The van der Waals surface area contributed by atoms with E-state index < -0.39 is 0 Å². The highest BCUT2D eigenvalue weighted by molar-refractivity contribution is 5.82. The van der Waals surface area contributed by atoms with Crippen LogP contribution in [0.1, 0.15) is 31.2 Å². The Bertz CT molecular complexity index is 1170. The van der Waals surface area contributed by atoms with E-state index in [-0.39, 0.29) is 5.60 Å². The van der Waals surface area contributed by atoms with Crippen molar-refractivity contribution in [1.82, 2.24) is 19.8 Å². The van der Waals surface area contributed by atoms with Crippen molar-refractivity contribution in [2.75, 3.05) is 51.3 Å². The maximum Gasteiger partial charge on any atom is 0.225 e. The average molecular weight is 460 g/mol. The molecule has 4 heterocycles. The van der Waals surface area contributed by atoms with Crippen LogP contribution in [0.2, 0.25) is 0 Å². The Labute approximate surface area is 200 Å². The van der Waals surface area contributed by atoms with Gasteiger partial charge in [-0.05, 0) is 62.0 Å². The first-order chi connectivity index (χ1) is 16.7. The number of fused-ring (bicyclic) bond motifs is 1. The summed E-state index contributed by atoms with van der Waals surface area (Å²) in [5, 5.41) is 8.00. The monoisotopic (exact) mass is 459 g/mol. The van der Waals surface area contributed by atoms with Crippen LogP contribution in [0, 0.1) is 5.92 Å². The number of hydrogen-bond acceptors (Lipinski definition) is 5. The summed E-state index contributed by atoms with van der Waals surface area (Å²) in [6, 6.07) is 13.2. The number of aromatic nitrogens is 2. The van der Waals surface area contributed by atoms with Crippen molar-refractivity contribution in [3.8, 4) is 11.1 Å². The number of rotatable bonds is 5. The molecule has 3 aliphatic rings. The molecule has 1 N–H and O–H groups in total. The van der Waals surface area contributed by atoms with Crippen LogP contribution >= 0.6 is 0 Å². The third kappa shape index (κ3) is 3.87. The SMILES string of the molecule is COC1(c2ccc(-c3cc4c(N5CCN(C(=O)C6CC6)CC5)ccnn4c3)cc2)CCNCC1. The van der Waals surface area contributed by atoms with E-state index in [1.807, 2.05) is 22.7 Å². The zero-order valence-electron chi connectivity index (χ0n) is 19.9. The van der Waals surface area contributed by atoms with E-state index in [1.54, 1.807) is 0 Å². The highest BCUT2D eigenvalue weighted by Gasteiger charge is 2.35. The summed E-state index contributed by atoms with van der Waals surface area (Å²) >= 11 is 0. The largest absolute Gasteiger partial charge is 0.373 e. The second-order valence-electron chi connectivity index (χ2n) is 9.89. The van der Waals surface area contributed by atoms with Crippen molar-refractivity contribution in [2.24, 2.45) is 5.92 Å². The molecule has 1 amide bonds. The van der Waals surface area contributed by atoms with Gasteiger partial charge >= 0.3 is 0 Å². The average Bonchev–Trinajstić information content (AvgIpc) is 3.66. The van der Waals surface area contributed by atoms with Gasteiger partial charge in [0.05, 0.1) is 16.8 Å². The predicted octanol–water partition coefficient (Wildman–Crippen LogP) is 3.29. The first-order valence-electron chi connectivity index (χ1n) is 12.5. The third-order valence-corrected chi connectivity index (χ3v) is 7.89. The topological polar surface area (TPSA) is 62.1 Å². The van der Waals surface area contributed by atoms with Crippen molar-refractivity contribution < 1.29 is 9.53 Å². The number of carbonyl (C=O) groups excluding carboxylic acids is 1. The summed E-state index contributed by atoms with van der Waals surface area (Å²) in [6.45, 7) is 5.30. The van der Waals surface area contributed by atoms with Crippen molar-refractivity contribution in [3.05, 3.63) is 54.4 Å². The van der Waals surface area contributed by atoms with Crippen LogP contribution in [0.4, 0.5) is 5.69 Å². The molecule has 1 aliphatic carbocycles. The number of methoxy groups -OCH3 is 1. The molecule has 0 unspecified atom stereocenters. The fourth-order valence-corrected chi connectivity index (χ4v) is 5.59. The van der Waals surface area contributed by atoms with Crippen LogP contribution in [0.3, 0.4) is 0 Å². The Hall–Kier alpha value is -2.90. The molecule has 7 nitrogen and oxygen atoms in total. The maximum absolute atomic E-state index is 12.4. The van der Waals surface area contributed by atoms with Gasteiger partial charge in [0.2, 0.25) is 5.91 Å². The number of nitrogens with one attached hydrogen (secondary N) is 1. The third-order valence-electron chi connectivity index (χ3n) is 7.89. The van der Waals surface area contributed by atoms with Gasteiger partial charge in [0.1, 0.15) is 0 Å². The second kappa shape index (κ2) is 8.71. The number of piperazine rings is 1. The molecule has 178 valence electrons. The molecule has 2 aliphatic heterocycles. The lowest BCUT2D eigenvalue weighted by atomic mass is 9.84. The van der Waals surface area contributed by atoms with Gasteiger partial charge in [0.15, 0.2) is 0 Å². The summed E-state index contributed by atoms with van der Waals surface area (Å²) < 4.78 is 7.97. The van der Waals surface area contributed by atoms with E-state index in [1.165, 1.54) is 16.8 Å². The molecule has 1 aromatic carbocycles. The van der Waals surface area contributed by atoms with Gasteiger partial charge in [0.25, 0.3) is 0 Å². The molecule has 7 heteroatoms. The molecule has 0 bridgehead atoms. The number of ether oxygens (including phenoxy) is 1. The minimum Gasteiger partial charge on any atom is -0.373 e. The Kier molecular flexibility index (Phi) is 5.54. The van der Waals surface area contributed by atoms with Gasteiger partial charge in [0, 0.05) is 57.2 Å². The lowest BCUT2D eigenvalue weighted by molar-refractivity contribution is -0.132. The van der Waals surface area contributed by atoms with Crippen LogP contribution in [0.15, 0.2) is 48.8 Å². The van der Waals surface area contributed by atoms with Crippen LogP contribution in [-0.2, 0) is 15.1 Å². The highest BCUT2D eigenvalue weighted by Crippen LogP contribution is 2.36. The van der Waals surface area contributed by atoms with Gasteiger partial charge in [-0.1, -0.05) is 24.3 Å². The van der Waals surface area contributed by atoms with Crippen molar-refractivity contribution in [2.45, 2.75) is 31.3 Å². The summed E-state index contributed by atoms with van der Waals surface area (Å²) in [7, 11) is 1.83. The summed E-state index contributed by atoms with van der Waals surface area (Å²) in [5.41, 5.74) is 5.69. The summed E-state index contributed by atoms with van der Waals surface area (Å²) in [5.74, 6) is 0.653. The number of amides is 1. The minimum atomic E-state index is -0.187.